The molecule has 0 spiro atoms. The van der Waals surface area contributed by atoms with Crippen LogP contribution in [0, 0.1) is 0 Å². The zero-order chi connectivity index (χ0) is 28.6. The topological polar surface area (TPSA) is 95.3 Å². The van der Waals surface area contributed by atoms with Crippen molar-refractivity contribution in [3.63, 3.8) is 0 Å². The first kappa shape index (κ1) is 28.1. The Morgan fingerprint density at radius 3 is 2.12 bits per heavy atom. The maximum atomic E-state index is 12.5. The molecule has 41 heavy (non-hydrogen) atoms. The van der Waals surface area contributed by atoms with Gasteiger partial charge < -0.3 is 20.4 Å². The van der Waals surface area contributed by atoms with Gasteiger partial charge in [0.2, 0.25) is 5.71 Å². The number of benzene rings is 3. The van der Waals surface area contributed by atoms with Crippen molar-refractivity contribution < 1.29 is 9.21 Å². The summed E-state index contributed by atoms with van der Waals surface area (Å²) < 4.78 is 5.94. The molecular formula is C32H33ClN6O2. The van der Waals surface area contributed by atoms with Crippen LogP contribution in [0.15, 0.2) is 89.6 Å². The standard InChI is InChI=1S/C32H33ClN6O2/c1-3-39(4-2)20-23-12-16-26(17-13-23)38-32(40)37-25-14-10-22(11-15-25)18-19-34-30-27-28(33)29(24-8-6-5-7-9-24)41-31(27)36-21-35-30/h5-17,21H,3-4,18-20H2,1-2H3,(H,34,35,36)(H2,37,38,40). The maximum absolute atomic E-state index is 12.5. The van der Waals surface area contributed by atoms with Gasteiger partial charge in [0.15, 0.2) is 5.76 Å². The molecule has 9 heteroatoms. The summed E-state index contributed by atoms with van der Waals surface area (Å²) in [6.07, 6.45) is 2.21. The largest absolute Gasteiger partial charge is 0.436 e. The number of carbonyl (C=O) groups is 1. The zero-order valence-corrected chi connectivity index (χ0v) is 23.9. The van der Waals surface area contributed by atoms with Crippen molar-refractivity contribution in [3.05, 3.63) is 101 Å². The molecule has 3 N–H and O–H groups in total. The molecule has 3 aromatic carbocycles. The van der Waals surface area contributed by atoms with E-state index in [1.165, 1.54) is 11.9 Å². The Morgan fingerprint density at radius 2 is 1.49 bits per heavy atom. The van der Waals surface area contributed by atoms with Crippen molar-refractivity contribution in [3.8, 4) is 11.3 Å². The van der Waals surface area contributed by atoms with Crippen molar-refractivity contribution in [1.29, 1.82) is 0 Å². The molecule has 0 aliphatic heterocycles. The molecule has 8 nitrogen and oxygen atoms in total. The Hall–Kier alpha value is -4.40. The monoisotopic (exact) mass is 568 g/mol. The lowest BCUT2D eigenvalue weighted by atomic mass is 10.1. The summed E-state index contributed by atoms with van der Waals surface area (Å²) >= 11 is 6.68. The minimum Gasteiger partial charge on any atom is -0.436 e. The van der Waals surface area contributed by atoms with Crippen LogP contribution in [0.3, 0.4) is 0 Å². The lowest BCUT2D eigenvalue weighted by molar-refractivity contribution is 0.262. The van der Waals surface area contributed by atoms with E-state index in [9.17, 15) is 4.79 Å². The molecule has 0 saturated heterocycles. The molecule has 0 unspecified atom stereocenters. The Balaban J connectivity index is 1.13. The third-order valence-electron chi connectivity index (χ3n) is 6.90. The summed E-state index contributed by atoms with van der Waals surface area (Å²) in [5, 5.41) is 10.3. The van der Waals surface area contributed by atoms with Crippen molar-refractivity contribution in [1.82, 2.24) is 14.9 Å². The predicted molar refractivity (Wildman–Crippen MR) is 167 cm³/mol. The number of hydrogen-bond acceptors (Lipinski definition) is 6. The summed E-state index contributed by atoms with van der Waals surface area (Å²) in [7, 11) is 0. The third kappa shape index (κ3) is 7.03. The van der Waals surface area contributed by atoms with E-state index in [1.54, 1.807) is 0 Å². The molecule has 0 fully saturated rings. The predicted octanol–water partition coefficient (Wildman–Crippen LogP) is 7.68. The highest BCUT2D eigenvalue weighted by Crippen LogP contribution is 2.39. The number of aromatic nitrogens is 2. The minimum atomic E-state index is -0.282. The quantitative estimate of drug-likeness (QED) is 0.151. The molecule has 0 bridgehead atoms. The minimum absolute atomic E-state index is 0.282. The molecule has 5 rings (SSSR count). The van der Waals surface area contributed by atoms with Gasteiger partial charge in [-0.3, -0.25) is 4.90 Å². The lowest BCUT2D eigenvalue weighted by Gasteiger charge is -2.18. The number of carbonyl (C=O) groups excluding carboxylic acids is 1. The van der Waals surface area contributed by atoms with Crippen LogP contribution in [-0.2, 0) is 13.0 Å². The second-order valence-corrected chi connectivity index (χ2v) is 10.0. The summed E-state index contributed by atoms with van der Waals surface area (Å²) in [4.78, 5) is 23.5. The molecule has 0 aliphatic carbocycles. The molecule has 0 saturated carbocycles. The first-order valence-corrected chi connectivity index (χ1v) is 14.1. The van der Waals surface area contributed by atoms with Crippen LogP contribution in [0.25, 0.3) is 22.4 Å². The second kappa shape index (κ2) is 13.3. The van der Waals surface area contributed by atoms with Gasteiger partial charge in [-0.15, -0.1) is 0 Å². The number of furan rings is 1. The van der Waals surface area contributed by atoms with Crippen LogP contribution in [-0.4, -0.2) is 40.5 Å². The highest BCUT2D eigenvalue weighted by molar-refractivity contribution is 6.38. The molecule has 0 aliphatic rings. The maximum Gasteiger partial charge on any atom is 0.323 e. The Labute approximate surface area is 244 Å². The highest BCUT2D eigenvalue weighted by Gasteiger charge is 2.19. The van der Waals surface area contributed by atoms with E-state index in [-0.39, 0.29) is 6.03 Å². The normalized spacial score (nSPS) is 11.1. The molecular weight excluding hydrogens is 536 g/mol. The molecule has 210 valence electrons. The van der Waals surface area contributed by atoms with Gasteiger partial charge in [0.05, 0.1) is 0 Å². The van der Waals surface area contributed by atoms with Gasteiger partial charge in [-0.2, -0.15) is 0 Å². The van der Waals surface area contributed by atoms with Gasteiger partial charge in [0, 0.05) is 30.0 Å². The van der Waals surface area contributed by atoms with Gasteiger partial charge >= 0.3 is 6.03 Å². The van der Waals surface area contributed by atoms with E-state index in [2.05, 4.69) is 44.7 Å². The van der Waals surface area contributed by atoms with E-state index < -0.39 is 0 Å². The van der Waals surface area contributed by atoms with Gasteiger partial charge in [0.1, 0.15) is 22.6 Å². The molecule has 2 heterocycles. The summed E-state index contributed by atoms with van der Waals surface area (Å²) in [6.45, 7) is 7.86. The fourth-order valence-electron chi connectivity index (χ4n) is 4.58. The smallest absolute Gasteiger partial charge is 0.323 e. The van der Waals surface area contributed by atoms with Crippen LogP contribution < -0.4 is 16.0 Å². The van der Waals surface area contributed by atoms with Gasteiger partial charge in [-0.25, -0.2) is 14.8 Å². The summed E-state index contributed by atoms with van der Waals surface area (Å²) in [5.74, 6) is 1.20. The number of urea groups is 1. The van der Waals surface area contributed by atoms with Crippen LogP contribution in [0.2, 0.25) is 5.02 Å². The van der Waals surface area contributed by atoms with E-state index in [0.29, 0.717) is 39.9 Å². The number of nitrogens with zero attached hydrogens (tertiary/aromatic N) is 3. The SMILES string of the molecule is CCN(CC)Cc1ccc(NC(=O)Nc2ccc(CCNc3ncnc4oc(-c5ccccc5)c(Cl)c34)cc2)cc1. The number of amides is 2. The van der Waals surface area contributed by atoms with Crippen molar-refractivity contribution in [2.24, 2.45) is 0 Å². The highest BCUT2D eigenvalue weighted by atomic mass is 35.5. The summed E-state index contributed by atoms with van der Waals surface area (Å²) in [5.41, 5.74) is 5.12. The Kier molecular flexibility index (Phi) is 9.13. The van der Waals surface area contributed by atoms with Crippen molar-refractivity contribution in [2.75, 3.05) is 35.6 Å². The van der Waals surface area contributed by atoms with Gasteiger partial charge in [-0.1, -0.05) is 80.0 Å². The van der Waals surface area contributed by atoms with Gasteiger partial charge in [0.25, 0.3) is 0 Å². The van der Waals surface area contributed by atoms with Crippen molar-refractivity contribution >= 4 is 45.9 Å². The molecule has 5 aromatic rings. The van der Waals surface area contributed by atoms with Crippen LogP contribution in [0.5, 0.6) is 0 Å². The third-order valence-corrected chi connectivity index (χ3v) is 7.26. The average molecular weight is 569 g/mol. The van der Waals surface area contributed by atoms with E-state index in [0.717, 1.165) is 42.9 Å². The van der Waals surface area contributed by atoms with E-state index >= 15 is 0 Å². The molecule has 2 aromatic heterocycles. The number of fused-ring (bicyclic) bond motifs is 1. The second-order valence-electron chi connectivity index (χ2n) is 9.62. The van der Waals surface area contributed by atoms with Crippen molar-refractivity contribution in [2.45, 2.75) is 26.8 Å². The van der Waals surface area contributed by atoms with Crippen LogP contribution in [0.4, 0.5) is 22.0 Å². The first-order chi connectivity index (χ1) is 20.0. The number of halogens is 1. The van der Waals surface area contributed by atoms with Crippen LogP contribution >= 0.6 is 11.6 Å². The van der Waals surface area contributed by atoms with Crippen LogP contribution in [0.1, 0.15) is 25.0 Å². The number of nitrogens with one attached hydrogen (secondary N) is 3. The van der Waals surface area contributed by atoms with E-state index in [1.807, 2.05) is 78.9 Å². The Morgan fingerprint density at radius 1 is 0.854 bits per heavy atom. The average Bonchev–Trinajstić information content (AvgIpc) is 3.35. The fourth-order valence-corrected chi connectivity index (χ4v) is 4.90. The van der Waals surface area contributed by atoms with Gasteiger partial charge in [-0.05, 0) is 54.9 Å². The molecule has 2 amide bonds. The zero-order valence-electron chi connectivity index (χ0n) is 23.2. The van der Waals surface area contributed by atoms with E-state index in [4.69, 9.17) is 16.0 Å². The molecule has 0 atom stereocenters. The number of rotatable bonds is 11. The number of hydrogen-bond donors (Lipinski definition) is 3. The molecule has 0 radical (unpaired) electrons. The fraction of sp³-hybridized carbons (Fsp3) is 0.219. The lowest BCUT2D eigenvalue weighted by Crippen LogP contribution is -2.22. The first-order valence-electron chi connectivity index (χ1n) is 13.7. The Bertz CT molecular complexity index is 1580. The number of anilines is 3. The summed E-state index contributed by atoms with van der Waals surface area (Å²) in [6, 6.07) is 25.1.